The highest BCUT2D eigenvalue weighted by atomic mass is 35.5. The van der Waals surface area contributed by atoms with Crippen LogP contribution in [0.5, 0.6) is 11.5 Å². The van der Waals surface area contributed by atoms with Crippen LogP contribution in [0.3, 0.4) is 0 Å². The number of benzene rings is 2. The van der Waals surface area contributed by atoms with E-state index in [1.54, 1.807) is 47.2 Å². The smallest absolute Gasteiger partial charge is 0.261 e. The third kappa shape index (κ3) is 3.75. The average Bonchev–Trinajstić information content (AvgIpc) is 2.65. The van der Waals surface area contributed by atoms with E-state index >= 15 is 0 Å². The van der Waals surface area contributed by atoms with Crippen molar-refractivity contribution in [3.8, 4) is 11.5 Å². The van der Waals surface area contributed by atoms with Crippen LogP contribution >= 0.6 is 11.6 Å². The van der Waals surface area contributed by atoms with E-state index in [2.05, 4.69) is 9.97 Å². The second-order valence-corrected chi connectivity index (χ2v) is 6.44. The molecular weight excluding hydrogens is 364 g/mol. The fourth-order valence-electron chi connectivity index (χ4n) is 2.77. The summed E-state index contributed by atoms with van der Waals surface area (Å²) in [6.07, 6.45) is 3.10. The second-order valence-electron chi connectivity index (χ2n) is 6.00. The molecule has 0 bridgehead atoms. The van der Waals surface area contributed by atoms with Crippen molar-refractivity contribution < 1.29 is 4.74 Å². The van der Waals surface area contributed by atoms with Crippen LogP contribution in [0.2, 0.25) is 5.02 Å². The predicted molar refractivity (Wildman–Crippen MR) is 105 cm³/mol. The van der Waals surface area contributed by atoms with Gasteiger partial charge in [0.25, 0.3) is 5.56 Å². The zero-order chi connectivity index (χ0) is 18.8. The second kappa shape index (κ2) is 7.09. The Morgan fingerprint density at radius 3 is 2.70 bits per heavy atom. The van der Waals surface area contributed by atoms with E-state index < -0.39 is 0 Å². The molecule has 0 unspecified atom stereocenters. The maximum atomic E-state index is 12.9. The number of pyridine rings is 1. The fraction of sp³-hybridized carbons (Fsp3) is 0.0500. The highest BCUT2D eigenvalue weighted by molar-refractivity contribution is 6.30. The third-order valence-electron chi connectivity index (χ3n) is 4.03. The van der Waals surface area contributed by atoms with E-state index in [0.717, 1.165) is 5.56 Å². The van der Waals surface area contributed by atoms with E-state index in [1.165, 1.54) is 6.33 Å². The summed E-state index contributed by atoms with van der Waals surface area (Å²) < 4.78 is 7.33. The van der Waals surface area contributed by atoms with Crippen LogP contribution < -0.4 is 16.0 Å². The van der Waals surface area contributed by atoms with Gasteiger partial charge in [0.15, 0.2) is 0 Å². The summed E-state index contributed by atoms with van der Waals surface area (Å²) in [6.45, 7) is 0.383. The Labute approximate surface area is 159 Å². The molecule has 4 rings (SSSR count). The number of anilines is 1. The number of nitrogens with zero attached hydrogens (tertiary/aromatic N) is 3. The molecule has 0 aliphatic carbocycles. The summed E-state index contributed by atoms with van der Waals surface area (Å²) in [5.41, 5.74) is 7.04. The number of hydrogen-bond donors (Lipinski definition) is 1. The van der Waals surface area contributed by atoms with Crippen molar-refractivity contribution in [1.29, 1.82) is 0 Å². The molecule has 0 radical (unpaired) electrons. The van der Waals surface area contributed by atoms with Gasteiger partial charge in [0.05, 0.1) is 23.8 Å². The van der Waals surface area contributed by atoms with Gasteiger partial charge in [-0.2, -0.15) is 0 Å². The van der Waals surface area contributed by atoms with E-state index in [1.807, 2.05) is 18.2 Å². The van der Waals surface area contributed by atoms with E-state index in [-0.39, 0.29) is 5.56 Å². The van der Waals surface area contributed by atoms with Gasteiger partial charge in [-0.05, 0) is 42.0 Å². The molecule has 7 heteroatoms. The van der Waals surface area contributed by atoms with Crippen LogP contribution in [0, 0.1) is 0 Å². The molecule has 0 spiro atoms. The molecule has 2 N–H and O–H groups in total. The molecule has 0 atom stereocenters. The summed E-state index contributed by atoms with van der Waals surface area (Å²) in [4.78, 5) is 21.2. The number of nitrogen functional groups attached to an aromatic ring is 1. The summed E-state index contributed by atoms with van der Waals surface area (Å²) in [5, 5.41) is 1.10. The zero-order valence-electron chi connectivity index (χ0n) is 14.2. The lowest BCUT2D eigenvalue weighted by Gasteiger charge is -2.09. The lowest BCUT2D eigenvalue weighted by molar-refractivity contribution is 0.483. The third-order valence-corrected chi connectivity index (χ3v) is 4.26. The van der Waals surface area contributed by atoms with Gasteiger partial charge in [-0.25, -0.2) is 9.97 Å². The van der Waals surface area contributed by atoms with Crippen molar-refractivity contribution in [2.24, 2.45) is 0 Å². The van der Waals surface area contributed by atoms with Gasteiger partial charge in [-0.15, -0.1) is 0 Å². The number of halogens is 1. The number of aromatic nitrogens is 3. The first kappa shape index (κ1) is 17.1. The zero-order valence-corrected chi connectivity index (χ0v) is 14.9. The number of ether oxygens (including phenoxy) is 1. The molecule has 6 nitrogen and oxygen atoms in total. The van der Waals surface area contributed by atoms with Gasteiger partial charge in [-0.3, -0.25) is 9.36 Å². The Hall–Kier alpha value is -3.38. The minimum Gasteiger partial charge on any atom is -0.457 e. The summed E-state index contributed by atoms with van der Waals surface area (Å²) >= 11 is 6.02. The van der Waals surface area contributed by atoms with Crippen molar-refractivity contribution in [1.82, 2.24) is 14.5 Å². The summed E-state index contributed by atoms with van der Waals surface area (Å²) in [7, 11) is 0. The van der Waals surface area contributed by atoms with Crippen LogP contribution in [0.25, 0.3) is 10.9 Å². The first-order chi connectivity index (χ1) is 13.1. The summed E-state index contributed by atoms with van der Waals surface area (Å²) in [5.74, 6) is 1.43. The SMILES string of the molecule is Nc1cc(Oc2ccc3ncn(Cc4cccc(Cl)c4)c(=O)c3c2)ccn1. The van der Waals surface area contributed by atoms with Crippen LogP contribution in [-0.4, -0.2) is 14.5 Å². The van der Waals surface area contributed by atoms with Gasteiger partial charge in [0.1, 0.15) is 17.3 Å². The van der Waals surface area contributed by atoms with E-state index in [4.69, 9.17) is 22.1 Å². The lowest BCUT2D eigenvalue weighted by atomic mass is 10.2. The minimum absolute atomic E-state index is 0.153. The van der Waals surface area contributed by atoms with Gasteiger partial charge in [0, 0.05) is 17.3 Å². The molecule has 0 saturated carbocycles. The Morgan fingerprint density at radius 2 is 1.89 bits per heavy atom. The predicted octanol–water partition coefficient (Wildman–Crippen LogP) is 3.87. The highest BCUT2D eigenvalue weighted by Crippen LogP contribution is 2.24. The quantitative estimate of drug-likeness (QED) is 0.582. The van der Waals surface area contributed by atoms with Gasteiger partial charge in [0.2, 0.25) is 0 Å². The van der Waals surface area contributed by atoms with Crippen molar-refractivity contribution in [2.75, 3.05) is 5.73 Å². The first-order valence-electron chi connectivity index (χ1n) is 8.21. The van der Waals surface area contributed by atoms with Gasteiger partial charge >= 0.3 is 0 Å². The van der Waals surface area contributed by atoms with Crippen LogP contribution in [-0.2, 0) is 6.54 Å². The molecule has 0 saturated heterocycles. The summed E-state index contributed by atoms with van der Waals surface area (Å²) in [6, 6.07) is 15.9. The van der Waals surface area contributed by atoms with Crippen molar-refractivity contribution in [3.05, 3.63) is 88.1 Å². The number of nitrogens with two attached hydrogens (primary N) is 1. The molecule has 4 aromatic rings. The number of hydrogen-bond acceptors (Lipinski definition) is 5. The molecule has 0 aliphatic rings. The van der Waals surface area contributed by atoms with Crippen molar-refractivity contribution >= 4 is 28.3 Å². The molecule has 0 aliphatic heterocycles. The Bertz CT molecular complexity index is 1180. The molecule has 2 aromatic heterocycles. The van der Waals surface area contributed by atoms with E-state index in [9.17, 15) is 4.79 Å². The monoisotopic (exact) mass is 378 g/mol. The van der Waals surface area contributed by atoms with Crippen LogP contribution in [0.4, 0.5) is 5.82 Å². The van der Waals surface area contributed by atoms with Crippen LogP contribution in [0.1, 0.15) is 5.56 Å². The normalized spacial score (nSPS) is 10.9. The molecule has 134 valence electrons. The Balaban J connectivity index is 1.69. The molecule has 2 heterocycles. The van der Waals surface area contributed by atoms with Gasteiger partial charge in [-0.1, -0.05) is 23.7 Å². The number of fused-ring (bicyclic) bond motifs is 1. The van der Waals surface area contributed by atoms with Gasteiger partial charge < -0.3 is 10.5 Å². The average molecular weight is 379 g/mol. The minimum atomic E-state index is -0.153. The molecular formula is C20H15ClN4O2. The molecule has 0 fully saturated rings. The van der Waals surface area contributed by atoms with Crippen LogP contribution in [0.15, 0.2) is 71.9 Å². The highest BCUT2D eigenvalue weighted by Gasteiger charge is 2.08. The lowest BCUT2D eigenvalue weighted by Crippen LogP contribution is -2.21. The van der Waals surface area contributed by atoms with Crippen molar-refractivity contribution in [3.63, 3.8) is 0 Å². The largest absolute Gasteiger partial charge is 0.457 e. The standard InChI is InChI=1S/C20H15ClN4O2/c21-14-3-1-2-13(8-14)11-25-12-24-18-5-4-15(9-17(18)20(25)26)27-16-6-7-23-19(22)10-16/h1-10,12H,11H2,(H2,22,23). The Kier molecular flexibility index (Phi) is 4.48. The van der Waals surface area contributed by atoms with E-state index in [0.29, 0.717) is 39.8 Å². The fourth-order valence-corrected chi connectivity index (χ4v) is 2.99. The molecule has 2 aromatic carbocycles. The maximum absolute atomic E-state index is 12.9. The topological polar surface area (TPSA) is 83.0 Å². The molecule has 27 heavy (non-hydrogen) atoms. The molecule has 0 amide bonds. The van der Waals surface area contributed by atoms with Crippen molar-refractivity contribution in [2.45, 2.75) is 6.54 Å². The maximum Gasteiger partial charge on any atom is 0.261 e. The number of rotatable bonds is 4. The first-order valence-corrected chi connectivity index (χ1v) is 8.59. The Morgan fingerprint density at radius 1 is 1.04 bits per heavy atom.